The van der Waals surface area contributed by atoms with Crippen LogP contribution in [0.3, 0.4) is 0 Å². The fourth-order valence-corrected chi connectivity index (χ4v) is 2.06. The quantitative estimate of drug-likeness (QED) is 0.475. The Morgan fingerprint density at radius 3 is 2.67 bits per heavy atom. The van der Waals surface area contributed by atoms with E-state index in [2.05, 4.69) is 10.2 Å². The first kappa shape index (κ1) is 17.6. The van der Waals surface area contributed by atoms with E-state index in [1.807, 2.05) is 0 Å². The molecule has 0 aromatic heterocycles. The van der Waals surface area contributed by atoms with Crippen LogP contribution in [0.15, 0.2) is 46.6 Å². The fourth-order valence-electron chi connectivity index (χ4n) is 1.84. The number of halogens is 2. The molecule has 4 N–H and O–H groups in total. The van der Waals surface area contributed by atoms with Crippen molar-refractivity contribution >= 4 is 23.8 Å². The Kier molecular flexibility index (Phi) is 5.97. The minimum absolute atomic E-state index is 0.130. The van der Waals surface area contributed by atoms with Gasteiger partial charge in [-0.3, -0.25) is 0 Å². The molecule has 126 valence electrons. The van der Waals surface area contributed by atoms with Crippen molar-refractivity contribution in [2.75, 3.05) is 7.11 Å². The van der Waals surface area contributed by atoms with Gasteiger partial charge in [-0.05, 0) is 35.9 Å². The van der Waals surface area contributed by atoms with Crippen molar-refractivity contribution in [3.63, 3.8) is 0 Å². The lowest BCUT2D eigenvalue weighted by Crippen LogP contribution is -2.21. The number of hydrogen-bond acceptors (Lipinski definition) is 4. The highest BCUT2D eigenvalue weighted by Crippen LogP contribution is 2.29. The van der Waals surface area contributed by atoms with Gasteiger partial charge in [0, 0.05) is 5.56 Å². The lowest BCUT2D eigenvalue weighted by Gasteiger charge is -2.12. The van der Waals surface area contributed by atoms with Crippen LogP contribution in [0, 0.1) is 5.82 Å². The number of guanidine groups is 1. The van der Waals surface area contributed by atoms with Crippen molar-refractivity contribution in [3.8, 4) is 11.5 Å². The average Bonchev–Trinajstić information content (AvgIpc) is 2.54. The minimum atomic E-state index is -0.397. The van der Waals surface area contributed by atoms with E-state index in [9.17, 15) is 4.39 Å². The maximum absolute atomic E-state index is 13.0. The highest BCUT2D eigenvalue weighted by Gasteiger charge is 2.08. The van der Waals surface area contributed by atoms with Crippen molar-refractivity contribution in [2.24, 2.45) is 21.7 Å². The predicted molar refractivity (Wildman–Crippen MR) is 92.1 cm³/mol. The molecule has 6 nitrogen and oxygen atoms in total. The van der Waals surface area contributed by atoms with Crippen LogP contribution in [-0.2, 0) is 6.61 Å². The summed E-state index contributed by atoms with van der Waals surface area (Å²) in [5.41, 5.74) is 11.8. The first-order valence-electron chi connectivity index (χ1n) is 6.86. The zero-order valence-electron chi connectivity index (χ0n) is 12.9. The standard InChI is InChI=1S/C16H16ClFN4O2/c1-23-15-6-10(8-21-22-16(19)20)2-5-14(15)24-9-11-3-4-12(18)7-13(11)17/h2-8H,9H2,1H3,(H4,19,20,22). The van der Waals surface area contributed by atoms with Crippen LogP contribution in [0.4, 0.5) is 4.39 Å². The number of benzene rings is 2. The maximum Gasteiger partial charge on any atom is 0.211 e. The molecule has 0 radical (unpaired) electrons. The zero-order valence-corrected chi connectivity index (χ0v) is 13.6. The van der Waals surface area contributed by atoms with Crippen LogP contribution in [0.1, 0.15) is 11.1 Å². The molecule has 24 heavy (non-hydrogen) atoms. The second kappa shape index (κ2) is 8.16. The summed E-state index contributed by atoms with van der Waals surface area (Å²) >= 11 is 5.98. The monoisotopic (exact) mass is 350 g/mol. The molecule has 0 atom stereocenters. The Hall–Kier alpha value is -2.80. The third-order valence-corrected chi connectivity index (χ3v) is 3.32. The summed E-state index contributed by atoms with van der Waals surface area (Å²) in [5.74, 6) is 0.485. The maximum atomic E-state index is 13.0. The van der Waals surface area contributed by atoms with E-state index >= 15 is 0 Å². The lowest BCUT2D eigenvalue weighted by molar-refractivity contribution is 0.284. The Labute approximate surface area is 143 Å². The van der Waals surface area contributed by atoms with Gasteiger partial charge in [-0.1, -0.05) is 17.7 Å². The van der Waals surface area contributed by atoms with E-state index in [-0.39, 0.29) is 12.6 Å². The van der Waals surface area contributed by atoms with E-state index in [1.54, 1.807) is 24.3 Å². The van der Waals surface area contributed by atoms with Gasteiger partial charge in [0.1, 0.15) is 12.4 Å². The third-order valence-electron chi connectivity index (χ3n) is 2.97. The first-order chi connectivity index (χ1) is 11.5. The number of ether oxygens (including phenoxy) is 2. The van der Waals surface area contributed by atoms with E-state index in [4.69, 9.17) is 32.5 Å². The van der Waals surface area contributed by atoms with Crippen LogP contribution in [-0.4, -0.2) is 19.3 Å². The lowest BCUT2D eigenvalue weighted by atomic mass is 10.2. The largest absolute Gasteiger partial charge is 0.493 e. The Bertz CT molecular complexity index is 777. The van der Waals surface area contributed by atoms with Gasteiger partial charge in [0.25, 0.3) is 0 Å². The molecule has 0 aliphatic rings. The first-order valence-corrected chi connectivity index (χ1v) is 7.24. The van der Waals surface area contributed by atoms with Gasteiger partial charge < -0.3 is 20.9 Å². The van der Waals surface area contributed by atoms with Gasteiger partial charge in [0.05, 0.1) is 18.3 Å². The van der Waals surface area contributed by atoms with Gasteiger partial charge in [0.2, 0.25) is 5.96 Å². The summed E-state index contributed by atoms with van der Waals surface area (Å²) in [7, 11) is 1.52. The van der Waals surface area contributed by atoms with E-state index < -0.39 is 5.82 Å². The Balaban J connectivity index is 2.12. The van der Waals surface area contributed by atoms with Crippen molar-refractivity contribution in [3.05, 3.63) is 58.4 Å². The molecule has 0 aliphatic carbocycles. The molecule has 0 saturated carbocycles. The highest BCUT2D eigenvalue weighted by molar-refractivity contribution is 6.31. The van der Waals surface area contributed by atoms with Gasteiger partial charge >= 0.3 is 0 Å². The number of rotatable bonds is 6. The second-order valence-corrected chi connectivity index (χ2v) is 5.11. The SMILES string of the molecule is COc1cc(C=NN=C(N)N)ccc1OCc1ccc(F)cc1Cl. The van der Waals surface area contributed by atoms with E-state index in [1.165, 1.54) is 25.5 Å². The fraction of sp³-hybridized carbons (Fsp3) is 0.125. The second-order valence-electron chi connectivity index (χ2n) is 4.70. The molecule has 0 saturated heterocycles. The molecule has 0 bridgehead atoms. The molecule has 0 amide bonds. The van der Waals surface area contributed by atoms with E-state index in [0.717, 1.165) is 5.56 Å². The molecule has 0 spiro atoms. The van der Waals surface area contributed by atoms with Crippen molar-refractivity contribution in [2.45, 2.75) is 6.61 Å². The molecule has 0 aliphatic heterocycles. The molecular formula is C16H16ClFN4O2. The summed E-state index contributed by atoms with van der Waals surface area (Å²) in [4.78, 5) is 0. The van der Waals surface area contributed by atoms with Crippen LogP contribution >= 0.6 is 11.6 Å². The van der Waals surface area contributed by atoms with Crippen LogP contribution in [0.25, 0.3) is 0 Å². The van der Waals surface area contributed by atoms with Gasteiger partial charge in [-0.25, -0.2) is 4.39 Å². The Morgan fingerprint density at radius 1 is 1.21 bits per heavy atom. The normalized spacial score (nSPS) is 10.6. The minimum Gasteiger partial charge on any atom is -0.493 e. The van der Waals surface area contributed by atoms with Crippen molar-refractivity contribution < 1.29 is 13.9 Å². The number of nitrogens with two attached hydrogens (primary N) is 2. The molecular weight excluding hydrogens is 335 g/mol. The molecule has 0 heterocycles. The molecule has 2 aromatic carbocycles. The molecule has 2 rings (SSSR count). The summed E-state index contributed by atoms with van der Waals surface area (Å²) in [5, 5.41) is 7.54. The zero-order chi connectivity index (χ0) is 17.5. The summed E-state index contributed by atoms with van der Waals surface area (Å²) < 4.78 is 24.0. The molecule has 0 unspecified atom stereocenters. The summed E-state index contributed by atoms with van der Waals surface area (Å²) in [6.07, 6.45) is 1.48. The van der Waals surface area contributed by atoms with Gasteiger partial charge in [-0.2, -0.15) is 5.10 Å². The van der Waals surface area contributed by atoms with Gasteiger partial charge in [0.15, 0.2) is 11.5 Å². The summed E-state index contributed by atoms with van der Waals surface area (Å²) in [6, 6.07) is 9.32. The molecule has 8 heteroatoms. The van der Waals surface area contributed by atoms with Gasteiger partial charge in [-0.15, -0.1) is 5.10 Å². The smallest absolute Gasteiger partial charge is 0.211 e. The number of nitrogens with zero attached hydrogens (tertiary/aromatic N) is 2. The van der Waals surface area contributed by atoms with Crippen LogP contribution in [0.5, 0.6) is 11.5 Å². The highest BCUT2D eigenvalue weighted by atomic mass is 35.5. The number of hydrogen-bond donors (Lipinski definition) is 2. The average molecular weight is 351 g/mol. The summed E-state index contributed by atoms with van der Waals surface area (Å²) in [6.45, 7) is 0.177. The third kappa shape index (κ3) is 4.85. The Morgan fingerprint density at radius 2 is 2.00 bits per heavy atom. The van der Waals surface area contributed by atoms with Crippen LogP contribution < -0.4 is 20.9 Å². The van der Waals surface area contributed by atoms with Crippen molar-refractivity contribution in [1.29, 1.82) is 0 Å². The molecule has 2 aromatic rings. The topological polar surface area (TPSA) is 95.2 Å². The molecule has 0 fully saturated rings. The number of methoxy groups -OCH3 is 1. The van der Waals surface area contributed by atoms with Crippen LogP contribution in [0.2, 0.25) is 5.02 Å². The van der Waals surface area contributed by atoms with Crippen molar-refractivity contribution in [1.82, 2.24) is 0 Å². The predicted octanol–water partition coefficient (Wildman–Crippen LogP) is 2.67. The van der Waals surface area contributed by atoms with E-state index in [0.29, 0.717) is 22.1 Å².